The van der Waals surface area contributed by atoms with Crippen LogP contribution in [0.3, 0.4) is 0 Å². The quantitative estimate of drug-likeness (QED) is 0.839. The molecule has 0 aromatic heterocycles. The number of halogens is 3. The predicted molar refractivity (Wildman–Crippen MR) is 88.6 cm³/mol. The van der Waals surface area contributed by atoms with Crippen LogP contribution in [0.25, 0.3) is 0 Å². The Morgan fingerprint density at radius 3 is 2.12 bits per heavy atom. The molecule has 24 heavy (non-hydrogen) atoms. The van der Waals surface area contributed by atoms with Crippen molar-refractivity contribution in [3.05, 3.63) is 71.8 Å². The molecule has 0 spiro atoms. The molecule has 1 aliphatic rings. The molecule has 1 heterocycles. The van der Waals surface area contributed by atoms with Crippen molar-refractivity contribution in [1.29, 1.82) is 0 Å². The Morgan fingerprint density at radius 2 is 1.58 bits per heavy atom. The van der Waals surface area contributed by atoms with E-state index in [0.717, 1.165) is 0 Å². The zero-order valence-electron chi connectivity index (χ0n) is 12.4. The molecule has 0 amide bonds. The molecule has 3 nitrogen and oxygen atoms in total. The molecule has 0 saturated carbocycles. The third-order valence-electron chi connectivity index (χ3n) is 3.76. The van der Waals surface area contributed by atoms with Crippen molar-refractivity contribution in [3.8, 4) is 0 Å². The molecule has 0 bridgehead atoms. The highest BCUT2D eigenvalue weighted by Gasteiger charge is 2.62. The molecule has 0 fully saturated rings. The molecule has 0 aliphatic carbocycles. The van der Waals surface area contributed by atoms with Gasteiger partial charge in [0.25, 0.3) is 5.72 Å². The lowest BCUT2D eigenvalue weighted by atomic mass is 10.0. The molecule has 124 valence electrons. The summed E-state index contributed by atoms with van der Waals surface area (Å²) in [5, 5.41) is 14.8. The molecule has 0 unspecified atom stereocenters. The third-order valence-corrected chi connectivity index (χ3v) is 4.17. The molecule has 0 saturated heterocycles. The second-order valence-corrected chi connectivity index (χ2v) is 5.77. The van der Waals surface area contributed by atoms with Crippen LogP contribution in [0.15, 0.2) is 65.8 Å². The highest BCUT2D eigenvalue weighted by atomic mass is 32.1. The lowest BCUT2D eigenvalue weighted by Gasteiger charge is -2.34. The summed E-state index contributed by atoms with van der Waals surface area (Å²) in [6.07, 6.45) is -5.60. The van der Waals surface area contributed by atoms with E-state index >= 15 is 0 Å². The van der Waals surface area contributed by atoms with Crippen molar-refractivity contribution in [2.75, 3.05) is 0 Å². The smallest absolute Gasteiger partial charge is 0.362 e. The van der Waals surface area contributed by atoms with E-state index < -0.39 is 18.3 Å². The summed E-state index contributed by atoms with van der Waals surface area (Å²) in [7, 11) is 0. The van der Waals surface area contributed by atoms with Crippen LogP contribution in [-0.4, -0.2) is 32.7 Å². The van der Waals surface area contributed by atoms with E-state index in [1.807, 2.05) is 0 Å². The number of hydrogen-bond acceptors (Lipinski definition) is 3. The Labute approximate surface area is 142 Å². The van der Waals surface area contributed by atoms with Gasteiger partial charge in [0.1, 0.15) is 4.99 Å². The second kappa shape index (κ2) is 5.99. The molecule has 3 rings (SSSR count). The van der Waals surface area contributed by atoms with Crippen molar-refractivity contribution >= 4 is 22.9 Å². The number of thiocarbonyl (C=S) groups is 1. The van der Waals surface area contributed by atoms with Crippen LogP contribution < -0.4 is 0 Å². The predicted octanol–water partition coefficient (Wildman–Crippen LogP) is 3.72. The lowest BCUT2D eigenvalue weighted by molar-refractivity contribution is -0.294. The minimum absolute atomic E-state index is 0.133. The number of alkyl halides is 3. The number of benzene rings is 2. The van der Waals surface area contributed by atoms with E-state index in [0.29, 0.717) is 16.1 Å². The Hall–Kier alpha value is -2.25. The van der Waals surface area contributed by atoms with Crippen molar-refractivity contribution in [1.82, 2.24) is 5.01 Å². The van der Waals surface area contributed by atoms with E-state index in [1.165, 1.54) is 0 Å². The monoisotopic (exact) mass is 350 g/mol. The Balaban J connectivity index is 2.05. The fraction of sp³-hybridized carbons (Fsp3) is 0.176. The van der Waals surface area contributed by atoms with E-state index in [2.05, 4.69) is 5.10 Å². The molecular weight excluding hydrogens is 337 g/mol. The normalized spacial score (nSPS) is 20.8. The molecule has 1 N–H and O–H groups in total. The Morgan fingerprint density at radius 1 is 1.04 bits per heavy atom. The van der Waals surface area contributed by atoms with Crippen molar-refractivity contribution < 1.29 is 18.3 Å². The summed E-state index contributed by atoms with van der Waals surface area (Å²) in [6, 6.07) is 16.6. The maximum atomic E-state index is 13.5. The maximum absolute atomic E-state index is 13.5. The highest BCUT2D eigenvalue weighted by molar-refractivity contribution is 7.80. The van der Waals surface area contributed by atoms with Gasteiger partial charge in [0, 0.05) is 5.56 Å². The fourth-order valence-electron chi connectivity index (χ4n) is 2.47. The number of nitrogens with zero attached hydrogens (tertiary/aromatic N) is 2. The van der Waals surface area contributed by atoms with Gasteiger partial charge in [-0.15, -0.1) is 0 Å². The van der Waals surface area contributed by atoms with Gasteiger partial charge in [-0.1, -0.05) is 72.9 Å². The first-order chi connectivity index (χ1) is 11.3. The van der Waals surface area contributed by atoms with E-state index in [-0.39, 0.29) is 10.7 Å². The average molecular weight is 350 g/mol. The van der Waals surface area contributed by atoms with Crippen LogP contribution in [0.1, 0.15) is 17.5 Å². The largest absolute Gasteiger partial charge is 0.438 e. The highest BCUT2D eigenvalue weighted by Crippen LogP contribution is 2.42. The van der Waals surface area contributed by atoms with Gasteiger partial charge in [-0.2, -0.15) is 18.3 Å². The van der Waals surface area contributed by atoms with Crippen molar-refractivity contribution in [2.45, 2.75) is 18.3 Å². The summed E-state index contributed by atoms with van der Waals surface area (Å²) in [6.45, 7) is 0. The van der Waals surface area contributed by atoms with Gasteiger partial charge in [-0.3, -0.25) is 0 Å². The van der Waals surface area contributed by atoms with Crippen molar-refractivity contribution in [2.24, 2.45) is 5.10 Å². The van der Waals surface area contributed by atoms with Gasteiger partial charge in [0.2, 0.25) is 0 Å². The van der Waals surface area contributed by atoms with Gasteiger partial charge in [-0.25, -0.2) is 5.01 Å². The van der Waals surface area contributed by atoms with Gasteiger partial charge in [0.05, 0.1) is 12.1 Å². The molecular formula is C17H13F3N2OS. The van der Waals surface area contributed by atoms with Crippen LogP contribution in [-0.2, 0) is 0 Å². The van der Waals surface area contributed by atoms with Crippen LogP contribution >= 0.6 is 12.2 Å². The van der Waals surface area contributed by atoms with Gasteiger partial charge in [-0.05, 0) is 5.56 Å². The van der Waals surface area contributed by atoms with Crippen LogP contribution in [0, 0.1) is 0 Å². The summed E-state index contributed by atoms with van der Waals surface area (Å²) in [5.41, 5.74) is -2.13. The van der Waals surface area contributed by atoms with Crippen LogP contribution in [0.4, 0.5) is 13.2 Å². The zero-order chi connectivity index (χ0) is 17.4. The number of aliphatic hydroxyl groups is 1. The van der Waals surface area contributed by atoms with E-state index in [9.17, 15) is 18.3 Å². The minimum Gasteiger partial charge on any atom is -0.362 e. The number of rotatable bonds is 2. The molecule has 7 heteroatoms. The fourth-order valence-corrected chi connectivity index (χ4v) is 2.80. The van der Waals surface area contributed by atoms with Crippen molar-refractivity contribution in [3.63, 3.8) is 0 Å². The summed E-state index contributed by atoms with van der Waals surface area (Å²) < 4.78 is 40.6. The first-order valence-corrected chi connectivity index (χ1v) is 7.55. The summed E-state index contributed by atoms with van der Waals surface area (Å²) >= 11 is 5.16. The summed E-state index contributed by atoms with van der Waals surface area (Å²) in [5.74, 6) is 0. The second-order valence-electron chi connectivity index (χ2n) is 5.39. The lowest BCUT2D eigenvalue weighted by Crippen LogP contribution is -2.56. The standard InChI is InChI=1S/C17H13F3N2OS/c18-17(19,20)16(23)11-14(12-7-3-1-4-8-12)21-22(16)15(24)13-9-5-2-6-10-13/h1-10,23H,11H2/t16-/m0/s1. The van der Waals surface area contributed by atoms with Crippen LogP contribution in [0.2, 0.25) is 0 Å². The first kappa shape index (κ1) is 16.6. The number of hydrogen-bond donors (Lipinski definition) is 1. The minimum atomic E-state index is -4.91. The Kier molecular flexibility index (Phi) is 4.15. The van der Waals surface area contributed by atoms with E-state index in [4.69, 9.17) is 12.2 Å². The van der Waals surface area contributed by atoms with Gasteiger partial charge < -0.3 is 5.11 Å². The maximum Gasteiger partial charge on any atom is 0.438 e. The van der Waals surface area contributed by atoms with Gasteiger partial charge >= 0.3 is 6.18 Å². The third kappa shape index (κ3) is 2.81. The number of hydrazone groups is 1. The Bertz CT molecular complexity index is 777. The first-order valence-electron chi connectivity index (χ1n) is 7.14. The molecule has 0 radical (unpaired) electrons. The SMILES string of the molecule is O[C@]1(C(F)(F)F)CC(c2ccccc2)=NN1C(=S)c1ccccc1. The molecule has 2 aromatic rings. The van der Waals surface area contributed by atoms with E-state index in [1.54, 1.807) is 60.7 Å². The zero-order valence-corrected chi connectivity index (χ0v) is 13.2. The molecule has 2 aromatic carbocycles. The molecule has 1 atom stereocenters. The molecule has 1 aliphatic heterocycles. The average Bonchev–Trinajstić information content (AvgIpc) is 2.95. The van der Waals surface area contributed by atoms with Gasteiger partial charge in [0.15, 0.2) is 0 Å². The topological polar surface area (TPSA) is 35.8 Å². The summed E-state index contributed by atoms with van der Waals surface area (Å²) in [4.78, 5) is -0.179. The van der Waals surface area contributed by atoms with Crippen LogP contribution in [0.5, 0.6) is 0 Å².